The Bertz CT molecular complexity index is 1220. The number of aryl methyl sites for hydroxylation is 2. The summed E-state index contributed by atoms with van der Waals surface area (Å²) >= 11 is 1.59. The highest BCUT2D eigenvalue weighted by molar-refractivity contribution is 7.10. The zero-order chi connectivity index (χ0) is 22.3. The molecule has 0 atom stereocenters. The minimum Gasteiger partial charge on any atom is -0.340 e. The Hall–Kier alpha value is -3.97. The molecular weight excluding hydrogens is 418 g/mol. The summed E-state index contributed by atoms with van der Waals surface area (Å²) in [5.74, 6) is 1.89. The third kappa shape index (κ3) is 6.02. The molecule has 0 fully saturated rings. The van der Waals surface area contributed by atoms with Crippen LogP contribution in [0.15, 0.2) is 78.2 Å². The maximum atomic E-state index is 12.1. The summed E-state index contributed by atoms with van der Waals surface area (Å²) in [6, 6.07) is 21.4. The van der Waals surface area contributed by atoms with Crippen molar-refractivity contribution in [3.8, 4) is 0 Å². The second kappa shape index (κ2) is 9.89. The maximum absolute atomic E-state index is 12.1. The largest absolute Gasteiger partial charge is 0.340 e. The van der Waals surface area contributed by atoms with E-state index in [-0.39, 0.29) is 5.91 Å². The summed E-state index contributed by atoms with van der Waals surface area (Å²) in [5, 5.41) is 11.4. The van der Waals surface area contributed by atoms with Gasteiger partial charge in [0.1, 0.15) is 17.5 Å². The Kier molecular flexibility index (Phi) is 6.57. The lowest BCUT2D eigenvalue weighted by Gasteiger charge is -2.11. The first-order valence-corrected chi connectivity index (χ1v) is 11.0. The Balaban J connectivity index is 1.39. The van der Waals surface area contributed by atoms with Crippen LogP contribution >= 0.6 is 11.3 Å². The molecule has 2 aromatic heterocycles. The monoisotopic (exact) mass is 441 g/mol. The van der Waals surface area contributed by atoms with Gasteiger partial charge >= 0.3 is 0 Å². The molecular formula is C25H23N5OS. The normalized spacial score (nSPS) is 10.8. The average Bonchev–Trinajstić information content (AvgIpc) is 3.29. The minimum atomic E-state index is -0.169. The zero-order valence-electron chi connectivity index (χ0n) is 17.8. The van der Waals surface area contributed by atoms with Crippen molar-refractivity contribution >= 4 is 52.0 Å². The molecule has 6 nitrogen and oxygen atoms in total. The van der Waals surface area contributed by atoms with Crippen LogP contribution in [0.2, 0.25) is 0 Å². The van der Waals surface area contributed by atoms with Crippen LogP contribution in [0.3, 0.4) is 0 Å². The number of thiophene rings is 1. The van der Waals surface area contributed by atoms with Gasteiger partial charge in [0.05, 0.1) is 0 Å². The van der Waals surface area contributed by atoms with Gasteiger partial charge in [-0.3, -0.25) is 4.79 Å². The van der Waals surface area contributed by atoms with Crippen LogP contribution < -0.4 is 16.0 Å². The van der Waals surface area contributed by atoms with Crippen molar-refractivity contribution < 1.29 is 4.79 Å². The molecule has 0 radical (unpaired) electrons. The van der Waals surface area contributed by atoms with Crippen LogP contribution in [0.5, 0.6) is 0 Å². The first-order valence-electron chi connectivity index (χ1n) is 10.1. The molecule has 0 saturated carbocycles. The quantitative estimate of drug-likeness (QED) is 0.294. The summed E-state index contributed by atoms with van der Waals surface area (Å²) in [4.78, 5) is 22.1. The summed E-state index contributed by atoms with van der Waals surface area (Å²) in [7, 11) is 0. The molecule has 0 aliphatic heterocycles. The number of anilines is 5. The van der Waals surface area contributed by atoms with E-state index in [4.69, 9.17) is 0 Å². The first kappa shape index (κ1) is 21.3. The van der Waals surface area contributed by atoms with Crippen molar-refractivity contribution in [2.24, 2.45) is 0 Å². The van der Waals surface area contributed by atoms with Gasteiger partial charge < -0.3 is 16.0 Å². The fourth-order valence-corrected chi connectivity index (χ4v) is 3.61. The molecule has 0 unspecified atom stereocenters. The fraction of sp³-hybridized carbons (Fsp3) is 0.0800. The number of aromatic nitrogens is 2. The lowest BCUT2D eigenvalue weighted by atomic mass is 10.2. The third-order valence-electron chi connectivity index (χ3n) is 4.53. The van der Waals surface area contributed by atoms with E-state index >= 15 is 0 Å². The molecule has 160 valence electrons. The second-order valence-electron chi connectivity index (χ2n) is 7.22. The van der Waals surface area contributed by atoms with E-state index in [1.165, 1.54) is 11.6 Å². The van der Waals surface area contributed by atoms with Gasteiger partial charge in [0.2, 0.25) is 5.91 Å². The number of amides is 1. The molecule has 0 aliphatic rings. The average molecular weight is 442 g/mol. The number of nitrogens with one attached hydrogen (secondary N) is 3. The van der Waals surface area contributed by atoms with Gasteiger partial charge in [-0.2, -0.15) is 0 Å². The van der Waals surface area contributed by atoms with Gasteiger partial charge in [-0.1, -0.05) is 23.8 Å². The van der Waals surface area contributed by atoms with Gasteiger partial charge in [0, 0.05) is 34.1 Å². The summed E-state index contributed by atoms with van der Waals surface area (Å²) in [5.41, 5.74) is 3.75. The van der Waals surface area contributed by atoms with E-state index in [2.05, 4.69) is 32.8 Å². The number of benzene rings is 2. The molecule has 2 heterocycles. The lowest BCUT2D eigenvalue weighted by molar-refractivity contribution is -0.111. The molecule has 0 spiro atoms. The van der Waals surface area contributed by atoms with E-state index in [0.29, 0.717) is 17.5 Å². The Labute approximate surface area is 191 Å². The highest BCUT2D eigenvalue weighted by Crippen LogP contribution is 2.22. The van der Waals surface area contributed by atoms with Crippen LogP contribution in [-0.2, 0) is 4.79 Å². The summed E-state index contributed by atoms with van der Waals surface area (Å²) < 4.78 is 0. The maximum Gasteiger partial charge on any atom is 0.248 e. The fourth-order valence-electron chi connectivity index (χ4n) is 2.99. The number of hydrogen-bond donors (Lipinski definition) is 3. The molecule has 3 N–H and O–H groups in total. The molecule has 4 aromatic rings. The molecule has 32 heavy (non-hydrogen) atoms. The highest BCUT2D eigenvalue weighted by Gasteiger charge is 2.05. The van der Waals surface area contributed by atoms with Crippen LogP contribution in [0.1, 0.15) is 16.3 Å². The third-order valence-corrected chi connectivity index (χ3v) is 5.37. The van der Waals surface area contributed by atoms with Gasteiger partial charge in [-0.25, -0.2) is 9.97 Å². The van der Waals surface area contributed by atoms with E-state index in [1.807, 2.05) is 79.0 Å². The Morgan fingerprint density at radius 1 is 0.844 bits per heavy atom. The van der Waals surface area contributed by atoms with Gasteiger partial charge in [-0.05, 0) is 67.8 Å². The van der Waals surface area contributed by atoms with Crippen molar-refractivity contribution in [1.29, 1.82) is 0 Å². The topological polar surface area (TPSA) is 78.9 Å². The molecule has 4 rings (SSSR count). The number of rotatable bonds is 7. The number of nitrogens with zero attached hydrogens (tertiary/aromatic N) is 2. The van der Waals surface area contributed by atoms with Gasteiger partial charge in [-0.15, -0.1) is 11.3 Å². The van der Waals surface area contributed by atoms with Gasteiger partial charge in [0.15, 0.2) is 0 Å². The number of hydrogen-bond acceptors (Lipinski definition) is 6. The van der Waals surface area contributed by atoms with E-state index < -0.39 is 0 Å². The standard InChI is InChI=1S/C25H23N5OS/c1-17-5-7-19(8-6-17)28-23-16-24(27-18(2)26-23)29-20-9-11-21(12-10-20)30-25(31)14-13-22-4-3-15-32-22/h3-16H,1-2H3,(H,30,31)(H2,26,27,28,29)/b14-13+. The van der Waals surface area contributed by atoms with E-state index in [9.17, 15) is 4.79 Å². The van der Waals surface area contributed by atoms with Crippen molar-refractivity contribution in [3.63, 3.8) is 0 Å². The SMILES string of the molecule is Cc1ccc(Nc2cc(Nc3ccc(NC(=O)/C=C/c4cccs4)cc3)nc(C)n2)cc1. The van der Waals surface area contributed by atoms with E-state index in [1.54, 1.807) is 17.4 Å². The molecule has 7 heteroatoms. The van der Waals surface area contributed by atoms with E-state index in [0.717, 1.165) is 21.9 Å². The van der Waals surface area contributed by atoms with Crippen molar-refractivity contribution in [2.75, 3.05) is 16.0 Å². The molecule has 0 bridgehead atoms. The van der Waals surface area contributed by atoms with Crippen LogP contribution in [0, 0.1) is 13.8 Å². The zero-order valence-corrected chi connectivity index (χ0v) is 18.6. The number of carbonyl (C=O) groups excluding carboxylic acids is 1. The smallest absolute Gasteiger partial charge is 0.248 e. The minimum absolute atomic E-state index is 0.169. The number of carbonyl (C=O) groups is 1. The van der Waals surface area contributed by atoms with Crippen molar-refractivity contribution in [2.45, 2.75) is 13.8 Å². The lowest BCUT2D eigenvalue weighted by Crippen LogP contribution is -2.07. The molecule has 2 aromatic carbocycles. The van der Waals surface area contributed by atoms with Gasteiger partial charge in [0.25, 0.3) is 0 Å². The molecule has 1 amide bonds. The summed E-state index contributed by atoms with van der Waals surface area (Å²) in [6.45, 7) is 3.91. The predicted octanol–water partition coefficient (Wildman–Crippen LogP) is 6.29. The summed E-state index contributed by atoms with van der Waals surface area (Å²) in [6.07, 6.45) is 3.33. The highest BCUT2D eigenvalue weighted by atomic mass is 32.1. The van der Waals surface area contributed by atoms with Crippen molar-refractivity contribution in [3.05, 3.63) is 94.5 Å². The van der Waals surface area contributed by atoms with Crippen LogP contribution in [0.25, 0.3) is 6.08 Å². The van der Waals surface area contributed by atoms with Crippen molar-refractivity contribution in [1.82, 2.24) is 9.97 Å². The first-order chi connectivity index (χ1) is 15.5. The Morgan fingerprint density at radius 2 is 1.44 bits per heavy atom. The predicted molar refractivity (Wildman–Crippen MR) is 133 cm³/mol. The van der Waals surface area contributed by atoms with Crippen LogP contribution in [0.4, 0.5) is 28.7 Å². The molecule has 0 aliphatic carbocycles. The second-order valence-corrected chi connectivity index (χ2v) is 8.20. The molecule has 0 saturated heterocycles. The Morgan fingerprint density at radius 3 is 2.03 bits per heavy atom. The van der Waals surface area contributed by atoms with Crippen LogP contribution in [-0.4, -0.2) is 15.9 Å².